The Morgan fingerprint density at radius 3 is 2.36 bits per heavy atom. The summed E-state index contributed by atoms with van der Waals surface area (Å²) in [5.74, 6) is -0.361. The van der Waals surface area contributed by atoms with E-state index in [0.29, 0.717) is 22.2 Å². The third kappa shape index (κ3) is 4.14. The summed E-state index contributed by atoms with van der Waals surface area (Å²) in [4.78, 5) is 18.6. The van der Waals surface area contributed by atoms with Crippen molar-refractivity contribution in [3.05, 3.63) is 94.5 Å². The van der Waals surface area contributed by atoms with E-state index in [1.807, 2.05) is 41.8 Å². The normalized spacial score (nSPS) is 13.7. The van der Waals surface area contributed by atoms with Crippen LogP contribution in [0, 0.1) is 6.92 Å². The van der Waals surface area contributed by atoms with Gasteiger partial charge in [-0.2, -0.15) is 13.2 Å². The van der Waals surface area contributed by atoms with E-state index in [1.165, 1.54) is 23.5 Å². The molecule has 9 heteroatoms. The van der Waals surface area contributed by atoms with Gasteiger partial charge in [-0.25, -0.2) is 4.98 Å². The van der Waals surface area contributed by atoms with Crippen LogP contribution in [0.1, 0.15) is 33.4 Å². The minimum atomic E-state index is -4.42. The molecule has 2 aromatic heterocycles. The molecule has 5 nitrogen and oxygen atoms in total. The zero-order valence-corrected chi connectivity index (χ0v) is 20.2. The lowest BCUT2D eigenvalue weighted by atomic mass is 9.92. The fourth-order valence-electron chi connectivity index (χ4n) is 4.30. The maximum Gasteiger partial charge on any atom is 0.416 e. The Morgan fingerprint density at radius 1 is 1.03 bits per heavy atom. The topological polar surface area (TPSA) is 67.2 Å². The summed E-state index contributed by atoms with van der Waals surface area (Å²) >= 11 is 1.43. The average Bonchev–Trinajstić information content (AvgIpc) is 3.38. The summed E-state index contributed by atoms with van der Waals surface area (Å²) in [5, 5.41) is 14.5. The van der Waals surface area contributed by atoms with E-state index in [-0.39, 0.29) is 12.5 Å². The zero-order valence-electron chi connectivity index (χ0n) is 19.4. The number of aryl methyl sites for hydroxylation is 1. The van der Waals surface area contributed by atoms with Crippen molar-refractivity contribution >= 4 is 38.5 Å². The summed E-state index contributed by atoms with van der Waals surface area (Å²) in [5.41, 5.74) is 1.43. The van der Waals surface area contributed by atoms with Crippen molar-refractivity contribution < 1.29 is 23.1 Å². The highest BCUT2D eigenvalue weighted by molar-refractivity contribution is 7.18. The number of nitrogens with one attached hydrogen (secondary N) is 1. The number of amides is 1. The van der Waals surface area contributed by atoms with E-state index < -0.39 is 17.3 Å². The molecule has 1 atom stereocenters. The predicted octanol–water partition coefficient (Wildman–Crippen LogP) is 6.20. The highest BCUT2D eigenvalue weighted by atomic mass is 32.1. The van der Waals surface area contributed by atoms with Crippen LogP contribution in [0.15, 0.2) is 72.8 Å². The van der Waals surface area contributed by atoms with Crippen LogP contribution in [0.25, 0.3) is 26.9 Å². The lowest BCUT2D eigenvalue weighted by Crippen LogP contribution is -2.46. The van der Waals surface area contributed by atoms with Gasteiger partial charge in [0.05, 0.1) is 28.2 Å². The molecule has 0 fully saturated rings. The molecule has 0 unspecified atom stereocenters. The molecule has 0 radical (unpaired) electrons. The van der Waals surface area contributed by atoms with Gasteiger partial charge in [-0.15, -0.1) is 11.3 Å². The first-order valence-electron chi connectivity index (χ1n) is 11.2. The number of aromatic nitrogens is 2. The van der Waals surface area contributed by atoms with Gasteiger partial charge in [0.15, 0.2) is 0 Å². The minimum absolute atomic E-state index is 0.287. The number of aliphatic hydroxyl groups is 1. The van der Waals surface area contributed by atoms with Gasteiger partial charge in [0.1, 0.15) is 10.3 Å². The Balaban J connectivity index is 1.58. The van der Waals surface area contributed by atoms with Crippen LogP contribution >= 0.6 is 11.3 Å². The van der Waals surface area contributed by atoms with Gasteiger partial charge in [0, 0.05) is 16.6 Å². The molecule has 1 amide bonds. The Kier molecular flexibility index (Phi) is 5.84. The lowest BCUT2D eigenvalue weighted by molar-refractivity contribution is -0.137. The van der Waals surface area contributed by atoms with Crippen molar-refractivity contribution in [2.45, 2.75) is 25.6 Å². The first kappa shape index (κ1) is 24.0. The van der Waals surface area contributed by atoms with Gasteiger partial charge >= 0.3 is 6.18 Å². The van der Waals surface area contributed by atoms with E-state index in [4.69, 9.17) is 0 Å². The van der Waals surface area contributed by atoms with Crippen LogP contribution in [0.3, 0.4) is 0 Å². The molecule has 184 valence electrons. The van der Waals surface area contributed by atoms with Crippen molar-refractivity contribution in [2.75, 3.05) is 6.61 Å². The van der Waals surface area contributed by atoms with Gasteiger partial charge in [-0.05, 0) is 61.9 Å². The number of thiazole rings is 1. The van der Waals surface area contributed by atoms with Gasteiger partial charge in [0.25, 0.3) is 5.91 Å². The highest BCUT2D eigenvalue weighted by Crippen LogP contribution is 2.37. The SMILES string of the molecule is Cc1nc2c3cc(C(=O)N[C@](C)(CO)c4ccccc4)ccc3n(-c3ccc(C(F)(F)F)cc3)c2s1. The van der Waals surface area contributed by atoms with Gasteiger partial charge < -0.3 is 10.4 Å². The molecule has 0 saturated carbocycles. The molecule has 0 spiro atoms. The number of hydrogen-bond acceptors (Lipinski definition) is 4. The maximum absolute atomic E-state index is 13.2. The number of nitrogens with zero attached hydrogens (tertiary/aromatic N) is 2. The van der Waals surface area contributed by atoms with E-state index in [0.717, 1.165) is 33.1 Å². The summed E-state index contributed by atoms with van der Waals surface area (Å²) in [6, 6.07) is 19.4. The number of hydrogen-bond donors (Lipinski definition) is 2. The fraction of sp³-hybridized carbons (Fsp3) is 0.185. The van der Waals surface area contributed by atoms with Crippen LogP contribution in [-0.4, -0.2) is 27.2 Å². The van der Waals surface area contributed by atoms with Crippen molar-refractivity contribution in [3.63, 3.8) is 0 Å². The first-order valence-corrected chi connectivity index (χ1v) is 12.0. The standard InChI is InChI=1S/C27H22F3N3O2S/c1-16-31-23-21-14-17(24(35)32-26(2,15-34)18-6-4-3-5-7-18)8-13-22(21)33(25(23)36-16)20-11-9-19(10-12-20)27(28,29)30/h3-14,34H,15H2,1-2H3,(H,32,35)/t26-/m1/s1. The number of carbonyl (C=O) groups is 1. The van der Waals surface area contributed by atoms with Crippen molar-refractivity contribution in [3.8, 4) is 5.69 Å². The molecule has 5 aromatic rings. The number of fused-ring (bicyclic) bond motifs is 3. The molecule has 2 N–H and O–H groups in total. The Labute approximate surface area is 208 Å². The number of rotatable bonds is 5. The second kappa shape index (κ2) is 8.76. The molecule has 0 aliphatic rings. The van der Waals surface area contributed by atoms with Crippen molar-refractivity contribution in [1.29, 1.82) is 0 Å². The van der Waals surface area contributed by atoms with Crippen LogP contribution in [-0.2, 0) is 11.7 Å². The molecule has 3 aromatic carbocycles. The molecule has 0 bridgehead atoms. The molecule has 2 heterocycles. The molecular formula is C27H22F3N3O2S. The van der Waals surface area contributed by atoms with Crippen molar-refractivity contribution in [1.82, 2.24) is 14.9 Å². The molecule has 0 saturated heterocycles. The Bertz CT molecular complexity index is 1570. The van der Waals surface area contributed by atoms with E-state index in [2.05, 4.69) is 10.3 Å². The third-order valence-corrected chi connectivity index (χ3v) is 7.20. The second-order valence-corrected chi connectivity index (χ2v) is 9.99. The number of benzene rings is 3. The maximum atomic E-state index is 13.2. The summed E-state index contributed by atoms with van der Waals surface area (Å²) < 4.78 is 41.1. The zero-order chi connectivity index (χ0) is 25.7. The average molecular weight is 510 g/mol. The van der Waals surface area contributed by atoms with Crippen LogP contribution < -0.4 is 5.32 Å². The lowest BCUT2D eigenvalue weighted by Gasteiger charge is -2.29. The number of aliphatic hydroxyl groups excluding tert-OH is 1. The third-order valence-electron chi connectivity index (χ3n) is 6.24. The molecule has 0 aliphatic carbocycles. The van der Waals surface area contributed by atoms with Crippen LogP contribution in [0.2, 0.25) is 0 Å². The van der Waals surface area contributed by atoms with Gasteiger partial charge in [-0.3, -0.25) is 9.36 Å². The van der Waals surface area contributed by atoms with E-state index in [1.54, 1.807) is 25.1 Å². The first-order chi connectivity index (χ1) is 17.1. The summed E-state index contributed by atoms with van der Waals surface area (Å²) in [6.07, 6.45) is -4.42. The van der Waals surface area contributed by atoms with Gasteiger partial charge in [0.2, 0.25) is 0 Å². The number of halogens is 3. The largest absolute Gasteiger partial charge is 0.416 e. The Hall–Kier alpha value is -3.69. The molecular weight excluding hydrogens is 487 g/mol. The summed E-state index contributed by atoms with van der Waals surface area (Å²) in [7, 11) is 0. The quantitative estimate of drug-likeness (QED) is 0.296. The van der Waals surface area contributed by atoms with Crippen LogP contribution in [0.4, 0.5) is 13.2 Å². The van der Waals surface area contributed by atoms with E-state index in [9.17, 15) is 23.1 Å². The fourth-order valence-corrected chi connectivity index (χ4v) is 5.27. The second-order valence-electron chi connectivity index (χ2n) is 8.81. The predicted molar refractivity (Wildman–Crippen MR) is 135 cm³/mol. The molecule has 5 rings (SSSR count). The Morgan fingerprint density at radius 2 is 1.72 bits per heavy atom. The highest BCUT2D eigenvalue weighted by Gasteiger charge is 2.31. The van der Waals surface area contributed by atoms with Gasteiger partial charge in [-0.1, -0.05) is 30.3 Å². The van der Waals surface area contributed by atoms with Crippen LogP contribution in [0.5, 0.6) is 0 Å². The number of carbonyl (C=O) groups excluding carboxylic acids is 1. The molecule has 36 heavy (non-hydrogen) atoms. The minimum Gasteiger partial charge on any atom is -0.394 e. The monoisotopic (exact) mass is 509 g/mol. The smallest absolute Gasteiger partial charge is 0.394 e. The van der Waals surface area contributed by atoms with Crippen molar-refractivity contribution in [2.24, 2.45) is 0 Å². The number of alkyl halides is 3. The summed E-state index contributed by atoms with van der Waals surface area (Å²) in [6.45, 7) is 3.32. The van der Waals surface area contributed by atoms with E-state index >= 15 is 0 Å². The molecule has 0 aliphatic heterocycles.